The van der Waals surface area contributed by atoms with E-state index in [2.05, 4.69) is 25.6 Å². The van der Waals surface area contributed by atoms with E-state index >= 15 is 0 Å². The van der Waals surface area contributed by atoms with Crippen LogP contribution < -0.4 is 5.32 Å². The Morgan fingerprint density at radius 1 is 1.04 bits per heavy atom. The smallest absolute Gasteiger partial charge is 0.408 e. The monoisotopic (exact) mass is 654 g/mol. The summed E-state index contributed by atoms with van der Waals surface area (Å²) in [6.07, 6.45) is 3.29. The van der Waals surface area contributed by atoms with Crippen molar-refractivity contribution in [3.63, 3.8) is 0 Å². The molecule has 244 valence electrons. The van der Waals surface area contributed by atoms with Crippen molar-refractivity contribution in [2.75, 3.05) is 6.54 Å². The normalized spacial score (nSPS) is 16.2. The highest BCUT2D eigenvalue weighted by atomic mass is 32.1. The number of benzene rings is 1. The molecule has 0 saturated carbocycles. The molecular weight excluding hydrogens is 616 g/mol. The lowest BCUT2D eigenvalue weighted by Crippen LogP contribution is -2.47. The third-order valence-corrected chi connectivity index (χ3v) is 8.84. The molecule has 1 saturated heterocycles. The van der Waals surface area contributed by atoms with Gasteiger partial charge in [-0.25, -0.2) is 14.8 Å². The number of alkyl carbamates (subject to hydrolysis) is 1. The highest BCUT2D eigenvalue weighted by Gasteiger charge is 2.37. The first kappa shape index (κ1) is 32.0. The Bertz CT molecular complexity index is 1890. The summed E-state index contributed by atoms with van der Waals surface area (Å²) in [5, 5.41) is 19.1. The van der Waals surface area contributed by atoms with Crippen LogP contribution in [-0.4, -0.2) is 59.0 Å². The summed E-state index contributed by atoms with van der Waals surface area (Å²) in [6.45, 7) is 9.79. The predicted molar refractivity (Wildman–Crippen MR) is 176 cm³/mol. The molecule has 0 spiro atoms. The van der Waals surface area contributed by atoms with Gasteiger partial charge in [0.05, 0.1) is 11.7 Å². The quantitative estimate of drug-likeness (QED) is 0.205. The molecule has 47 heavy (non-hydrogen) atoms. The Morgan fingerprint density at radius 2 is 1.81 bits per heavy atom. The second kappa shape index (κ2) is 12.7. The minimum atomic E-state index is -1.12. The van der Waals surface area contributed by atoms with E-state index < -0.39 is 17.2 Å². The number of nitrogens with zero attached hydrogens (tertiary/aromatic N) is 7. The van der Waals surface area contributed by atoms with Crippen LogP contribution in [0.15, 0.2) is 64.5 Å². The fourth-order valence-electron chi connectivity index (χ4n) is 5.66. The third kappa shape index (κ3) is 7.25. The van der Waals surface area contributed by atoms with Crippen molar-refractivity contribution < 1.29 is 18.7 Å². The van der Waals surface area contributed by atoms with Crippen LogP contribution in [0.4, 0.5) is 4.79 Å². The molecule has 0 bridgehead atoms. The van der Waals surface area contributed by atoms with E-state index in [0.29, 0.717) is 35.6 Å². The SMILES string of the molecule is Cc1csc(C2CCCN2C(=O)c2cc(-c3ccn(C)n3)nc(-c3nnc(C(C)(Cc4ccccc4)NC(=O)OC(C)(C)C)o3)c2)n1. The van der Waals surface area contributed by atoms with E-state index in [4.69, 9.17) is 14.1 Å². The maximum Gasteiger partial charge on any atom is 0.408 e. The van der Waals surface area contributed by atoms with Crippen molar-refractivity contribution in [1.29, 1.82) is 0 Å². The summed E-state index contributed by atoms with van der Waals surface area (Å²) in [7, 11) is 1.82. The molecule has 1 N–H and O–H groups in total. The first-order valence-corrected chi connectivity index (χ1v) is 16.4. The van der Waals surface area contributed by atoms with E-state index in [1.165, 1.54) is 0 Å². The van der Waals surface area contributed by atoms with E-state index in [-0.39, 0.29) is 23.7 Å². The molecule has 2 amide bonds. The maximum atomic E-state index is 14.1. The van der Waals surface area contributed by atoms with Crippen molar-refractivity contribution in [2.24, 2.45) is 7.05 Å². The number of ether oxygens (including phenoxy) is 1. The number of thiazole rings is 1. The van der Waals surface area contributed by atoms with Crippen LogP contribution in [0.2, 0.25) is 0 Å². The summed E-state index contributed by atoms with van der Waals surface area (Å²) in [6, 6.07) is 14.9. The molecule has 1 aromatic carbocycles. The number of hydrogen-bond donors (Lipinski definition) is 1. The van der Waals surface area contributed by atoms with Crippen molar-refractivity contribution in [1.82, 2.24) is 40.2 Å². The van der Waals surface area contributed by atoms with Crippen LogP contribution in [-0.2, 0) is 23.7 Å². The van der Waals surface area contributed by atoms with Crippen LogP contribution in [0, 0.1) is 6.92 Å². The van der Waals surface area contributed by atoms with E-state index in [1.54, 1.807) is 48.9 Å². The van der Waals surface area contributed by atoms with Gasteiger partial charge in [-0.15, -0.1) is 21.5 Å². The first-order chi connectivity index (χ1) is 22.4. The molecular formula is C34H38N8O4S. The fourth-order valence-corrected chi connectivity index (χ4v) is 6.60. The summed E-state index contributed by atoms with van der Waals surface area (Å²) in [5.74, 6) is 0.130. The van der Waals surface area contributed by atoms with Gasteiger partial charge in [-0.2, -0.15) is 5.10 Å². The Balaban J connectivity index is 1.38. The molecule has 4 aromatic heterocycles. The molecule has 2 atom stereocenters. The first-order valence-electron chi connectivity index (χ1n) is 15.5. The number of carbonyl (C=O) groups is 2. The number of amides is 2. The van der Waals surface area contributed by atoms with Gasteiger partial charge >= 0.3 is 6.09 Å². The van der Waals surface area contributed by atoms with E-state index in [1.807, 2.05) is 73.8 Å². The molecule has 0 radical (unpaired) electrons. The highest BCUT2D eigenvalue weighted by Crippen LogP contribution is 2.36. The molecule has 12 nitrogen and oxygen atoms in total. The van der Waals surface area contributed by atoms with Crippen molar-refractivity contribution in [3.8, 4) is 23.0 Å². The maximum absolute atomic E-state index is 14.1. The van der Waals surface area contributed by atoms with Crippen LogP contribution in [0.25, 0.3) is 23.0 Å². The van der Waals surface area contributed by atoms with E-state index in [9.17, 15) is 9.59 Å². The molecule has 5 aromatic rings. The molecule has 0 aliphatic carbocycles. The van der Waals surface area contributed by atoms with Gasteiger partial charge in [-0.05, 0) is 71.2 Å². The molecule has 1 aliphatic rings. The molecule has 5 heterocycles. The lowest BCUT2D eigenvalue weighted by Gasteiger charge is -2.29. The van der Waals surface area contributed by atoms with Gasteiger partial charge in [0.25, 0.3) is 11.8 Å². The minimum absolute atomic E-state index is 0.0938. The van der Waals surface area contributed by atoms with Crippen molar-refractivity contribution >= 4 is 23.3 Å². The Labute approximate surface area is 277 Å². The number of hydrogen-bond acceptors (Lipinski definition) is 10. The summed E-state index contributed by atoms with van der Waals surface area (Å²) in [5.41, 5.74) is 1.89. The largest absolute Gasteiger partial charge is 0.444 e. The van der Waals surface area contributed by atoms with Gasteiger partial charge in [0, 0.05) is 42.8 Å². The van der Waals surface area contributed by atoms with Gasteiger partial charge in [-0.3, -0.25) is 9.48 Å². The van der Waals surface area contributed by atoms with Gasteiger partial charge in [0.15, 0.2) is 0 Å². The van der Waals surface area contributed by atoms with Gasteiger partial charge < -0.3 is 19.4 Å². The number of carbonyl (C=O) groups excluding carboxylic acids is 2. The average molecular weight is 655 g/mol. The lowest BCUT2D eigenvalue weighted by atomic mass is 9.92. The van der Waals surface area contributed by atoms with Crippen molar-refractivity contribution in [3.05, 3.63) is 87.8 Å². The van der Waals surface area contributed by atoms with Gasteiger partial charge in [0.2, 0.25) is 5.89 Å². The fraction of sp³-hybridized carbons (Fsp3) is 0.382. The zero-order valence-electron chi connectivity index (χ0n) is 27.4. The Hall–Kier alpha value is -4.91. The van der Waals surface area contributed by atoms with Crippen LogP contribution in [0.1, 0.15) is 79.1 Å². The van der Waals surface area contributed by atoms with Gasteiger partial charge in [-0.1, -0.05) is 30.3 Å². The lowest BCUT2D eigenvalue weighted by molar-refractivity contribution is 0.0443. The number of nitrogens with one attached hydrogen (secondary N) is 1. The number of aryl methyl sites for hydroxylation is 2. The van der Waals surface area contributed by atoms with Crippen LogP contribution in [0.5, 0.6) is 0 Å². The predicted octanol–water partition coefficient (Wildman–Crippen LogP) is 6.26. The minimum Gasteiger partial charge on any atom is -0.444 e. The van der Waals surface area contributed by atoms with Gasteiger partial charge in [0.1, 0.15) is 27.5 Å². The molecule has 6 rings (SSSR count). The summed E-state index contributed by atoms with van der Waals surface area (Å²) < 4.78 is 13.5. The topological polar surface area (TPSA) is 141 Å². The Kier molecular flexibility index (Phi) is 8.66. The zero-order valence-corrected chi connectivity index (χ0v) is 28.2. The molecule has 2 unspecified atom stereocenters. The zero-order chi connectivity index (χ0) is 33.3. The Morgan fingerprint density at radius 3 is 2.49 bits per heavy atom. The summed E-state index contributed by atoms with van der Waals surface area (Å²) in [4.78, 5) is 38.5. The standard InChI is InChI=1S/C34H38N8O4S/c1-21-20-47-29(35-21)27-13-10-15-42(27)30(43)23-17-25(24-14-16-41(6)40-24)36-26(18-23)28-38-39-31(45-28)34(5,19-22-11-8-7-9-12-22)37-32(44)46-33(2,3)4/h7-9,11-12,14,16-18,20,27H,10,13,15,19H2,1-6H3,(H,37,44). The number of aromatic nitrogens is 6. The second-order valence-electron chi connectivity index (χ2n) is 13.0. The van der Waals surface area contributed by atoms with E-state index in [0.717, 1.165) is 29.1 Å². The number of pyridine rings is 1. The van der Waals surface area contributed by atoms with Crippen LogP contribution >= 0.6 is 11.3 Å². The molecule has 1 fully saturated rings. The van der Waals surface area contributed by atoms with Crippen molar-refractivity contribution in [2.45, 2.75) is 71.1 Å². The second-order valence-corrected chi connectivity index (χ2v) is 13.9. The summed E-state index contributed by atoms with van der Waals surface area (Å²) >= 11 is 1.58. The molecule has 1 aliphatic heterocycles. The average Bonchev–Trinajstić information content (AvgIpc) is 3.83. The third-order valence-electron chi connectivity index (χ3n) is 7.78. The highest BCUT2D eigenvalue weighted by molar-refractivity contribution is 7.09. The molecule has 13 heteroatoms. The number of likely N-dealkylation sites (tertiary alicyclic amines) is 1. The number of rotatable bonds is 8. The van der Waals surface area contributed by atoms with Crippen LogP contribution in [0.3, 0.4) is 0 Å².